The molecule has 0 aliphatic carbocycles. The SMILES string of the molecule is CN(CC(O)c1ccccc1)c1cccc(C(=O)c2cncc(Br)c2)n1. The Morgan fingerprint density at radius 1 is 1.15 bits per heavy atom. The number of likely N-dealkylation sites (N-methyl/N-ethyl adjacent to an activating group) is 1. The van der Waals surface area contributed by atoms with Gasteiger partial charge in [0.15, 0.2) is 0 Å². The third-order valence-electron chi connectivity index (χ3n) is 3.96. The molecule has 0 spiro atoms. The lowest BCUT2D eigenvalue weighted by Crippen LogP contribution is -2.25. The summed E-state index contributed by atoms with van der Waals surface area (Å²) in [5.41, 5.74) is 1.64. The average Bonchev–Trinajstić information content (AvgIpc) is 2.68. The van der Waals surface area contributed by atoms with Crippen molar-refractivity contribution in [2.75, 3.05) is 18.5 Å². The fourth-order valence-electron chi connectivity index (χ4n) is 2.58. The maximum Gasteiger partial charge on any atom is 0.213 e. The number of ketones is 1. The summed E-state index contributed by atoms with van der Waals surface area (Å²) in [5, 5.41) is 10.4. The number of hydrogen-bond donors (Lipinski definition) is 1. The van der Waals surface area contributed by atoms with Crippen molar-refractivity contribution in [1.82, 2.24) is 9.97 Å². The second-order valence-electron chi connectivity index (χ2n) is 5.91. The zero-order valence-electron chi connectivity index (χ0n) is 14.2. The molecule has 1 aromatic carbocycles. The molecular weight excluding hydrogens is 394 g/mol. The molecule has 0 aliphatic rings. The molecule has 0 fully saturated rings. The minimum Gasteiger partial charge on any atom is -0.387 e. The standard InChI is InChI=1S/C20H18BrN3O2/c1-24(13-18(25)14-6-3-2-4-7-14)19-9-5-8-17(23-19)20(26)15-10-16(21)12-22-11-15/h2-12,18,25H,13H2,1H3. The molecule has 1 atom stereocenters. The summed E-state index contributed by atoms with van der Waals surface area (Å²) in [4.78, 5) is 22.9. The van der Waals surface area contributed by atoms with Crippen molar-refractivity contribution in [2.24, 2.45) is 0 Å². The average molecular weight is 412 g/mol. The van der Waals surface area contributed by atoms with Gasteiger partial charge in [0, 0.05) is 36.0 Å². The quantitative estimate of drug-likeness (QED) is 0.627. The van der Waals surface area contributed by atoms with Crippen LogP contribution < -0.4 is 4.90 Å². The van der Waals surface area contributed by atoms with Gasteiger partial charge in [-0.1, -0.05) is 36.4 Å². The van der Waals surface area contributed by atoms with Crippen molar-refractivity contribution in [1.29, 1.82) is 0 Å². The van der Waals surface area contributed by atoms with E-state index < -0.39 is 6.10 Å². The number of aliphatic hydroxyl groups is 1. The minimum atomic E-state index is -0.642. The van der Waals surface area contributed by atoms with Crippen LogP contribution in [0, 0.1) is 0 Å². The summed E-state index contributed by atoms with van der Waals surface area (Å²) in [6.45, 7) is 0.368. The largest absolute Gasteiger partial charge is 0.387 e. The van der Waals surface area contributed by atoms with Gasteiger partial charge in [-0.05, 0) is 39.7 Å². The van der Waals surface area contributed by atoms with Crippen molar-refractivity contribution in [2.45, 2.75) is 6.10 Å². The topological polar surface area (TPSA) is 66.3 Å². The highest BCUT2D eigenvalue weighted by Gasteiger charge is 2.15. The minimum absolute atomic E-state index is 0.197. The van der Waals surface area contributed by atoms with Gasteiger partial charge in [-0.3, -0.25) is 9.78 Å². The molecule has 6 heteroatoms. The highest BCUT2D eigenvalue weighted by molar-refractivity contribution is 9.10. The van der Waals surface area contributed by atoms with Crippen LogP contribution in [0.1, 0.15) is 27.7 Å². The summed E-state index contributed by atoms with van der Waals surface area (Å²) in [6, 6.07) is 16.4. The van der Waals surface area contributed by atoms with Crippen LogP contribution in [0.2, 0.25) is 0 Å². The molecule has 0 bridgehead atoms. The molecule has 1 unspecified atom stereocenters. The molecule has 5 nitrogen and oxygen atoms in total. The lowest BCUT2D eigenvalue weighted by Gasteiger charge is -2.22. The Labute approximate surface area is 160 Å². The third kappa shape index (κ3) is 4.33. The second kappa shape index (κ2) is 8.21. The summed E-state index contributed by atoms with van der Waals surface area (Å²) in [7, 11) is 1.84. The summed E-state index contributed by atoms with van der Waals surface area (Å²) in [5.74, 6) is 0.423. The molecule has 2 aromatic heterocycles. The predicted octanol–water partition coefficient (Wildman–Crippen LogP) is 3.64. The predicted molar refractivity (Wildman–Crippen MR) is 104 cm³/mol. The molecule has 0 aliphatic heterocycles. The molecule has 3 aromatic rings. The van der Waals surface area contributed by atoms with Crippen LogP contribution in [0.15, 0.2) is 71.5 Å². The van der Waals surface area contributed by atoms with Crippen molar-refractivity contribution in [3.05, 3.63) is 88.3 Å². The molecular formula is C20H18BrN3O2. The van der Waals surface area contributed by atoms with Gasteiger partial charge in [0.05, 0.1) is 6.10 Å². The first-order valence-electron chi connectivity index (χ1n) is 8.11. The monoisotopic (exact) mass is 411 g/mol. The Balaban J connectivity index is 1.77. The Kier molecular flexibility index (Phi) is 5.75. The van der Waals surface area contributed by atoms with Gasteiger partial charge in [0.2, 0.25) is 5.78 Å². The van der Waals surface area contributed by atoms with E-state index in [1.165, 1.54) is 6.20 Å². The molecule has 0 radical (unpaired) electrons. The van der Waals surface area contributed by atoms with Gasteiger partial charge in [0.25, 0.3) is 0 Å². The highest BCUT2D eigenvalue weighted by Crippen LogP contribution is 2.19. The Hall–Kier alpha value is -2.57. The van der Waals surface area contributed by atoms with E-state index >= 15 is 0 Å². The summed E-state index contributed by atoms with van der Waals surface area (Å²) < 4.78 is 0.739. The number of carbonyl (C=O) groups is 1. The van der Waals surface area contributed by atoms with Crippen LogP contribution in [0.4, 0.5) is 5.82 Å². The number of rotatable bonds is 6. The van der Waals surface area contributed by atoms with E-state index in [1.807, 2.05) is 48.3 Å². The Bertz CT molecular complexity index is 902. The van der Waals surface area contributed by atoms with E-state index in [1.54, 1.807) is 24.4 Å². The molecule has 0 saturated carbocycles. The number of benzene rings is 1. The third-order valence-corrected chi connectivity index (χ3v) is 4.39. The number of anilines is 1. The maximum absolute atomic E-state index is 12.6. The summed E-state index contributed by atoms with van der Waals surface area (Å²) in [6.07, 6.45) is 2.50. The lowest BCUT2D eigenvalue weighted by molar-refractivity contribution is 0.103. The first-order valence-corrected chi connectivity index (χ1v) is 8.90. The van der Waals surface area contributed by atoms with E-state index in [9.17, 15) is 9.90 Å². The van der Waals surface area contributed by atoms with Crippen LogP contribution in [0.25, 0.3) is 0 Å². The van der Waals surface area contributed by atoms with Crippen LogP contribution in [0.5, 0.6) is 0 Å². The zero-order chi connectivity index (χ0) is 18.5. The smallest absolute Gasteiger partial charge is 0.213 e. The number of carbonyl (C=O) groups excluding carboxylic acids is 1. The lowest BCUT2D eigenvalue weighted by atomic mass is 10.1. The Morgan fingerprint density at radius 3 is 2.65 bits per heavy atom. The van der Waals surface area contributed by atoms with Crippen LogP contribution in [-0.2, 0) is 0 Å². The van der Waals surface area contributed by atoms with Gasteiger partial charge in [0.1, 0.15) is 11.5 Å². The van der Waals surface area contributed by atoms with E-state index in [4.69, 9.17) is 0 Å². The second-order valence-corrected chi connectivity index (χ2v) is 6.82. The van der Waals surface area contributed by atoms with E-state index in [-0.39, 0.29) is 5.78 Å². The number of hydrogen-bond acceptors (Lipinski definition) is 5. The van der Waals surface area contributed by atoms with Crippen LogP contribution >= 0.6 is 15.9 Å². The number of halogens is 1. The van der Waals surface area contributed by atoms with Crippen LogP contribution in [-0.4, -0.2) is 34.5 Å². The first kappa shape index (κ1) is 18.2. The van der Waals surface area contributed by atoms with Crippen molar-refractivity contribution >= 4 is 27.5 Å². The fraction of sp³-hybridized carbons (Fsp3) is 0.150. The van der Waals surface area contributed by atoms with Crippen molar-refractivity contribution < 1.29 is 9.90 Å². The molecule has 0 amide bonds. The Morgan fingerprint density at radius 2 is 1.92 bits per heavy atom. The van der Waals surface area contributed by atoms with E-state index in [0.717, 1.165) is 10.0 Å². The van der Waals surface area contributed by atoms with E-state index in [2.05, 4.69) is 25.9 Å². The molecule has 0 saturated heterocycles. The number of aliphatic hydroxyl groups excluding tert-OH is 1. The van der Waals surface area contributed by atoms with Gasteiger partial charge in [-0.15, -0.1) is 0 Å². The van der Waals surface area contributed by atoms with Gasteiger partial charge < -0.3 is 10.0 Å². The normalized spacial score (nSPS) is 11.8. The summed E-state index contributed by atoms with van der Waals surface area (Å²) >= 11 is 3.32. The molecule has 132 valence electrons. The van der Waals surface area contributed by atoms with Gasteiger partial charge in [-0.2, -0.15) is 0 Å². The zero-order valence-corrected chi connectivity index (χ0v) is 15.8. The fourth-order valence-corrected chi connectivity index (χ4v) is 2.94. The first-order chi connectivity index (χ1) is 12.5. The maximum atomic E-state index is 12.6. The van der Waals surface area contributed by atoms with Crippen LogP contribution in [0.3, 0.4) is 0 Å². The molecule has 26 heavy (non-hydrogen) atoms. The van der Waals surface area contributed by atoms with Gasteiger partial charge in [-0.25, -0.2) is 4.98 Å². The molecule has 1 N–H and O–H groups in total. The number of aromatic nitrogens is 2. The number of nitrogens with zero attached hydrogens (tertiary/aromatic N) is 3. The van der Waals surface area contributed by atoms with Crippen molar-refractivity contribution in [3.63, 3.8) is 0 Å². The molecule has 3 rings (SSSR count). The van der Waals surface area contributed by atoms with E-state index in [0.29, 0.717) is 23.6 Å². The van der Waals surface area contributed by atoms with Gasteiger partial charge >= 0.3 is 0 Å². The highest BCUT2D eigenvalue weighted by atomic mass is 79.9. The number of pyridine rings is 2. The molecule has 2 heterocycles. The van der Waals surface area contributed by atoms with Crippen molar-refractivity contribution in [3.8, 4) is 0 Å².